The third-order valence-electron chi connectivity index (χ3n) is 9.50. The quantitative estimate of drug-likeness (QED) is 0.197. The second-order valence-corrected chi connectivity index (χ2v) is 12.4. The summed E-state index contributed by atoms with van der Waals surface area (Å²) in [5, 5.41) is 4.61. The first-order valence-corrected chi connectivity index (χ1v) is 16.2. The van der Waals surface area contributed by atoms with E-state index in [9.17, 15) is 0 Å². The molecular formula is C43H27N3O2. The molecule has 1 aliphatic carbocycles. The van der Waals surface area contributed by atoms with E-state index in [1.165, 1.54) is 10.8 Å². The van der Waals surface area contributed by atoms with Crippen LogP contribution in [0.3, 0.4) is 0 Å². The summed E-state index contributed by atoms with van der Waals surface area (Å²) in [5.41, 5.74) is 7.89. The van der Waals surface area contributed by atoms with Crippen molar-refractivity contribution in [3.8, 4) is 39.7 Å². The smallest absolute Gasteiger partial charge is 0.164 e. The summed E-state index contributed by atoms with van der Waals surface area (Å²) in [6, 6.07) is 46.0. The minimum atomic E-state index is -0.154. The molecule has 48 heavy (non-hydrogen) atoms. The van der Waals surface area contributed by atoms with Gasteiger partial charge in [0.05, 0.1) is 5.92 Å². The fourth-order valence-corrected chi connectivity index (χ4v) is 7.13. The minimum Gasteiger partial charge on any atom is -0.485 e. The molecule has 3 heterocycles. The number of nitrogens with zero attached hydrogens (tertiary/aromatic N) is 3. The fraction of sp³-hybridized carbons (Fsp3) is 0.0465. The standard InChI is InChI=1S/C43H27N3O2/c1-2-10-27(11-3-1)41-44-42(31-20-21-33-32-13-6-7-15-36(32)47-38(33)25-31)46-43(45-41)35-14-8-16-37-40(35)34-22-19-30(24-39(34)48-37)29-18-17-26-9-4-5-12-28(26)23-29/h1-25,37,40H. The van der Waals surface area contributed by atoms with Gasteiger partial charge < -0.3 is 9.15 Å². The Morgan fingerprint density at radius 2 is 1.21 bits per heavy atom. The van der Waals surface area contributed by atoms with E-state index in [1.807, 2.05) is 54.6 Å². The normalized spacial score (nSPS) is 16.5. The summed E-state index contributed by atoms with van der Waals surface area (Å²) >= 11 is 0. The topological polar surface area (TPSA) is 61.0 Å². The first kappa shape index (κ1) is 26.8. The fourth-order valence-electron chi connectivity index (χ4n) is 7.13. The van der Waals surface area contributed by atoms with Gasteiger partial charge in [-0.1, -0.05) is 115 Å². The third kappa shape index (κ3) is 4.36. The van der Waals surface area contributed by atoms with Crippen molar-refractivity contribution < 1.29 is 9.15 Å². The Kier molecular flexibility index (Phi) is 5.93. The van der Waals surface area contributed by atoms with E-state index in [0.717, 1.165) is 61.1 Å². The Balaban J connectivity index is 1.08. The van der Waals surface area contributed by atoms with Crippen LogP contribution in [-0.2, 0) is 0 Å². The Morgan fingerprint density at radius 3 is 2.12 bits per heavy atom. The lowest BCUT2D eigenvalue weighted by atomic mass is 9.83. The summed E-state index contributed by atoms with van der Waals surface area (Å²) in [6.07, 6.45) is 6.14. The molecular weight excluding hydrogens is 590 g/mol. The SMILES string of the molecule is C1=CC2Oc3cc(-c4ccc5ccccc5c4)ccc3C2C(c2nc(-c3ccccc3)nc(-c3ccc4c(c3)oc3ccccc34)n2)=C1. The van der Waals surface area contributed by atoms with Gasteiger partial charge in [0.15, 0.2) is 17.5 Å². The Labute approximate surface area is 276 Å². The van der Waals surface area contributed by atoms with Crippen molar-refractivity contribution in [3.63, 3.8) is 0 Å². The van der Waals surface area contributed by atoms with Crippen LogP contribution in [0.5, 0.6) is 5.75 Å². The highest BCUT2D eigenvalue weighted by Gasteiger charge is 2.38. The van der Waals surface area contributed by atoms with Gasteiger partial charge in [0, 0.05) is 33.0 Å². The lowest BCUT2D eigenvalue weighted by Crippen LogP contribution is -2.20. The maximum atomic E-state index is 6.61. The van der Waals surface area contributed by atoms with Gasteiger partial charge in [-0.25, -0.2) is 15.0 Å². The molecule has 0 bridgehead atoms. The van der Waals surface area contributed by atoms with E-state index >= 15 is 0 Å². The molecule has 1 aliphatic heterocycles. The van der Waals surface area contributed by atoms with E-state index in [4.69, 9.17) is 24.1 Å². The van der Waals surface area contributed by atoms with Crippen molar-refractivity contribution >= 4 is 38.3 Å². The molecule has 2 aromatic heterocycles. The molecule has 5 nitrogen and oxygen atoms in total. The van der Waals surface area contributed by atoms with Gasteiger partial charge in [-0.05, 0) is 58.3 Å². The number of hydrogen-bond acceptors (Lipinski definition) is 5. The number of benzene rings is 6. The largest absolute Gasteiger partial charge is 0.485 e. The van der Waals surface area contributed by atoms with E-state index in [1.54, 1.807) is 0 Å². The summed E-state index contributed by atoms with van der Waals surface area (Å²) in [7, 11) is 0. The molecule has 0 N–H and O–H groups in total. The molecule has 0 fully saturated rings. The number of furan rings is 1. The molecule has 0 saturated carbocycles. The third-order valence-corrected chi connectivity index (χ3v) is 9.50. The molecule has 2 atom stereocenters. The maximum absolute atomic E-state index is 6.61. The van der Waals surface area contributed by atoms with E-state index in [-0.39, 0.29) is 12.0 Å². The molecule has 0 spiro atoms. The average molecular weight is 618 g/mol. The van der Waals surface area contributed by atoms with Crippen molar-refractivity contribution in [2.75, 3.05) is 0 Å². The van der Waals surface area contributed by atoms with Gasteiger partial charge in [-0.15, -0.1) is 0 Å². The highest BCUT2D eigenvalue weighted by molar-refractivity contribution is 6.05. The Morgan fingerprint density at radius 1 is 0.500 bits per heavy atom. The minimum absolute atomic E-state index is 0.0487. The zero-order valence-electron chi connectivity index (χ0n) is 25.7. The van der Waals surface area contributed by atoms with Crippen LogP contribution in [0, 0.1) is 0 Å². The monoisotopic (exact) mass is 617 g/mol. The first-order valence-electron chi connectivity index (χ1n) is 16.2. The number of aromatic nitrogens is 3. The van der Waals surface area contributed by atoms with Gasteiger partial charge in [-0.3, -0.25) is 0 Å². The molecule has 2 unspecified atom stereocenters. The molecule has 8 aromatic rings. The van der Waals surface area contributed by atoms with Crippen LogP contribution < -0.4 is 4.74 Å². The van der Waals surface area contributed by atoms with Crippen LogP contribution in [0.4, 0.5) is 0 Å². The predicted molar refractivity (Wildman–Crippen MR) is 192 cm³/mol. The van der Waals surface area contributed by atoms with Gasteiger partial charge >= 0.3 is 0 Å². The molecule has 6 aromatic carbocycles. The number of rotatable bonds is 4. The highest BCUT2D eigenvalue weighted by Crippen LogP contribution is 2.49. The summed E-state index contributed by atoms with van der Waals surface area (Å²) in [5.74, 6) is 2.70. The van der Waals surface area contributed by atoms with Gasteiger partial charge in [0.1, 0.15) is 23.0 Å². The van der Waals surface area contributed by atoms with E-state index in [2.05, 4.69) is 97.1 Å². The Bertz CT molecular complexity index is 2620. The molecule has 0 saturated heterocycles. The van der Waals surface area contributed by atoms with Gasteiger partial charge in [0.2, 0.25) is 0 Å². The maximum Gasteiger partial charge on any atom is 0.164 e. The van der Waals surface area contributed by atoms with Crippen LogP contribution in [0.25, 0.3) is 72.2 Å². The summed E-state index contributed by atoms with van der Waals surface area (Å²) in [6.45, 7) is 0. The second-order valence-electron chi connectivity index (χ2n) is 12.4. The summed E-state index contributed by atoms with van der Waals surface area (Å²) < 4.78 is 12.8. The average Bonchev–Trinajstić information content (AvgIpc) is 3.72. The van der Waals surface area contributed by atoms with Crippen molar-refractivity contribution in [1.82, 2.24) is 15.0 Å². The summed E-state index contributed by atoms with van der Waals surface area (Å²) in [4.78, 5) is 15.2. The number of hydrogen-bond donors (Lipinski definition) is 0. The van der Waals surface area contributed by atoms with Crippen LogP contribution in [0.2, 0.25) is 0 Å². The molecule has 0 amide bonds. The predicted octanol–water partition coefficient (Wildman–Crippen LogP) is 10.4. The lowest BCUT2D eigenvalue weighted by molar-refractivity contribution is 0.271. The van der Waals surface area contributed by atoms with Gasteiger partial charge in [0.25, 0.3) is 0 Å². The van der Waals surface area contributed by atoms with Crippen LogP contribution in [0.1, 0.15) is 17.3 Å². The van der Waals surface area contributed by atoms with E-state index in [0.29, 0.717) is 17.5 Å². The lowest BCUT2D eigenvalue weighted by Gasteiger charge is -2.22. The van der Waals surface area contributed by atoms with Crippen LogP contribution in [0.15, 0.2) is 156 Å². The zero-order chi connectivity index (χ0) is 31.6. The highest BCUT2D eigenvalue weighted by atomic mass is 16.5. The van der Waals surface area contributed by atoms with E-state index < -0.39 is 0 Å². The second kappa shape index (κ2) is 10.6. The number of ether oxygens (including phenoxy) is 1. The first-order chi connectivity index (χ1) is 23.7. The Hall–Kier alpha value is -6.33. The number of fused-ring (bicyclic) bond motifs is 7. The zero-order valence-corrected chi connectivity index (χ0v) is 25.7. The van der Waals surface area contributed by atoms with Crippen LogP contribution >= 0.6 is 0 Å². The van der Waals surface area contributed by atoms with Gasteiger partial charge in [-0.2, -0.15) is 0 Å². The molecule has 10 rings (SSSR count). The van der Waals surface area contributed by atoms with Crippen molar-refractivity contribution in [1.29, 1.82) is 0 Å². The molecule has 5 heteroatoms. The molecule has 0 radical (unpaired) electrons. The van der Waals surface area contributed by atoms with Crippen molar-refractivity contribution in [3.05, 3.63) is 163 Å². The molecule has 226 valence electrons. The van der Waals surface area contributed by atoms with Crippen molar-refractivity contribution in [2.45, 2.75) is 12.0 Å². The van der Waals surface area contributed by atoms with Crippen molar-refractivity contribution in [2.24, 2.45) is 0 Å². The number of allylic oxidation sites excluding steroid dienone is 2. The molecule has 2 aliphatic rings. The number of para-hydroxylation sites is 1. The van der Waals surface area contributed by atoms with Crippen LogP contribution in [-0.4, -0.2) is 21.1 Å².